The maximum atomic E-state index is 13.0. The number of nitrogen functional groups attached to an aromatic ring is 1. The summed E-state index contributed by atoms with van der Waals surface area (Å²) in [6.07, 6.45) is 0.192. The van der Waals surface area contributed by atoms with Crippen molar-refractivity contribution < 1.29 is 65.0 Å². The van der Waals surface area contributed by atoms with Gasteiger partial charge < -0.3 is 31.0 Å². The lowest BCUT2D eigenvalue weighted by Gasteiger charge is -2.20. The molecule has 19 nitrogen and oxygen atoms in total. The highest BCUT2D eigenvalue weighted by Crippen LogP contribution is 2.45. The number of hydroxylamine groups is 1. The van der Waals surface area contributed by atoms with Crippen LogP contribution in [-0.4, -0.2) is 78.1 Å². The molecule has 21 heteroatoms. The average Bonchev–Trinajstić information content (AvgIpc) is 3.08. The average molecular weight is 770 g/mol. The van der Waals surface area contributed by atoms with Crippen molar-refractivity contribution >= 4 is 60.6 Å². The largest absolute Gasteiger partial charge is 0.507 e. The standard InChI is InChI=1S/C32H27N5O14S2/c33-21-8-6-18-24(19-7-9-22(34)28(53(48,49)50)26(19)51-25(18)27(21)52(45,46)47)16-4-2-14(12-20(16)32(42)43)29(39)35-10-1-11-36-30(40)15-3-5-17(23(38)13-15)31(41)37-44/h2-9,12-13,33,38,44H,1,10-11,34H2,(H,35,39)(H,36,40)(H,37,41)(H,42,43)(H,45,46,47)(H,48,49,50). The summed E-state index contributed by atoms with van der Waals surface area (Å²) in [7, 11) is -10.4. The number of hydrogen-bond donors (Lipinski definition) is 10. The number of phenols is 1. The van der Waals surface area contributed by atoms with Crippen molar-refractivity contribution in [2.45, 2.75) is 16.2 Å². The fourth-order valence-electron chi connectivity index (χ4n) is 5.50. The van der Waals surface area contributed by atoms with Gasteiger partial charge in [0.05, 0.1) is 22.2 Å². The van der Waals surface area contributed by atoms with Gasteiger partial charge in [-0.25, -0.2) is 10.3 Å². The van der Waals surface area contributed by atoms with E-state index in [1.807, 2.05) is 0 Å². The number of rotatable bonds is 11. The van der Waals surface area contributed by atoms with E-state index in [4.69, 9.17) is 20.8 Å². The normalized spacial score (nSPS) is 11.7. The van der Waals surface area contributed by atoms with Gasteiger partial charge in [0, 0.05) is 40.7 Å². The van der Waals surface area contributed by atoms with Crippen molar-refractivity contribution in [1.82, 2.24) is 16.1 Å². The van der Waals surface area contributed by atoms with Crippen molar-refractivity contribution in [3.8, 4) is 28.2 Å². The van der Waals surface area contributed by atoms with Crippen molar-refractivity contribution in [3.63, 3.8) is 0 Å². The number of amides is 3. The first-order valence-corrected chi connectivity index (χ1v) is 17.8. The molecule has 0 atom stereocenters. The molecule has 3 aromatic carbocycles. The summed E-state index contributed by atoms with van der Waals surface area (Å²) in [5.41, 5.74) is 4.42. The number of anilines is 1. The van der Waals surface area contributed by atoms with Gasteiger partial charge in [0.1, 0.15) is 5.75 Å². The fraction of sp³-hybridized carbons (Fsp3) is 0.0938. The minimum absolute atomic E-state index is 0.00183. The Kier molecular flexibility index (Phi) is 10.2. The lowest BCUT2D eigenvalue weighted by molar-refractivity contribution is 0.0693. The Morgan fingerprint density at radius 2 is 1.34 bits per heavy atom. The molecule has 0 saturated heterocycles. The maximum absolute atomic E-state index is 13.0. The molecule has 3 aromatic rings. The molecule has 0 radical (unpaired) electrons. The minimum Gasteiger partial charge on any atom is -0.507 e. The maximum Gasteiger partial charge on any atom is 0.336 e. The summed E-state index contributed by atoms with van der Waals surface area (Å²) >= 11 is 0. The molecule has 276 valence electrons. The van der Waals surface area contributed by atoms with Gasteiger partial charge in [-0.2, -0.15) is 16.8 Å². The van der Waals surface area contributed by atoms with Crippen LogP contribution in [0.25, 0.3) is 33.4 Å². The smallest absolute Gasteiger partial charge is 0.336 e. The van der Waals surface area contributed by atoms with Crippen LogP contribution in [-0.2, 0) is 20.2 Å². The summed E-state index contributed by atoms with van der Waals surface area (Å²) < 4.78 is 75.1. The Hall–Kier alpha value is -6.39. The monoisotopic (exact) mass is 769 g/mol. The highest BCUT2D eigenvalue weighted by atomic mass is 32.2. The molecule has 0 saturated carbocycles. The number of aromatic hydroxyl groups is 1. The van der Waals surface area contributed by atoms with Crippen LogP contribution in [0.2, 0.25) is 0 Å². The molecule has 1 heterocycles. The summed E-state index contributed by atoms with van der Waals surface area (Å²) in [4.78, 5) is 47.5. The second-order valence-corrected chi connectivity index (χ2v) is 13.9. The van der Waals surface area contributed by atoms with Gasteiger partial charge in [0.2, 0.25) is 0 Å². The van der Waals surface area contributed by atoms with Gasteiger partial charge in [0.15, 0.2) is 21.1 Å². The quantitative estimate of drug-likeness (QED) is 0.0229. The minimum atomic E-state index is -5.22. The summed E-state index contributed by atoms with van der Waals surface area (Å²) in [5.74, 6) is -5.22. The second-order valence-electron chi connectivity index (χ2n) is 11.2. The Bertz CT molecular complexity index is 2620. The second kappa shape index (κ2) is 14.3. The number of aromatic carboxylic acids is 1. The first-order chi connectivity index (χ1) is 24.8. The van der Waals surface area contributed by atoms with Crippen molar-refractivity contribution in [1.29, 1.82) is 5.41 Å². The number of benzene rings is 4. The van der Waals surface area contributed by atoms with Gasteiger partial charge in [-0.15, -0.1) is 0 Å². The number of carbonyl (C=O) groups excluding carboxylic acids is 3. The predicted octanol–water partition coefficient (Wildman–Crippen LogP) is 1.83. The number of fused-ring (bicyclic) bond motifs is 2. The van der Waals surface area contributed by atoms with Crippen LogP contribution in [0.3, 0.4) is 0 Å². The van der Waals surface area contributed by atoms with Gasteiger partial charge in [-0.05, 0) is 66.6 Å². The molecule has 0 bridgehead atoms. The summed E-state index contributed by atoms with van der Waals surface area (Å²) in [6.45, 7) is 0.0339. The van der Waals surface area contributed by atoms with Gasteiger partial charge in [-0.3, -0.25) is 34.1 Å². The number of nitrogens with two attached hydrogens (primary N) is 1. The van der Waals surface area contributed by atoms with Crippen LogP contribution >= 0.6 is 0 Å². The first-order valence-electron chi connectivity index (χ1n) is 14.9. The van der Waals surface area contributed by atoms with Crippen LogP contribution in [0, 0.1) is 5.41 Å². The van der Waals surface area contributed by atoms with E-state index in [0.717, 1.165) is 30.3 Å². The molecule has 0 unspecified atom stereocenters. The van der Waals surface area contributed by atoms with Gasteiger partial charge >= 0.3 is 5.97 Å². The van der Waals surface area contributed by atoms with Crippen LogP contribution in [0.15, 0.2) is 74.9 Å². The molecule has 1 aliphatic heterocycles. The van der Waals surface area contributed by atoms with E-state index in [9.17, 15) is 55.3 Å². The summed E-state index contributed by atoms with van der Waals surface area (Å²) in [5, 5.41) is 41.1. The molecule has 1 aliphatic carbocycles. The lowest BCUT2D eigenvalue weighted by Crippen LogP contribution is -2.30. The third-order valence-corrected chi connectivity index (χ3v) is 9.68. The number of carboxylic acids is 1. The highest BCUT2D eigenvalue weighted by molar-refractivity contribution is 7.86. The molecule has 0 fully saturated rings. The molecular formula is C32H27N5O14S2. The third kappa shape index (κ3) is 7.49. The topological polar surface area (TPSA) is 337 Å². The lowest BCUT2D eigenvalue weighted by atomic mass is 9.89. The van der Waals surface area contributed by atoms with Crippen LogP contribution in [0.1, 0.15) is 47.9 Å². The van der Waals surface area contributed by atoms with E-state index in [2.05, 4.69) is 10.6 Å². The number of hydrogen-bond acceptors (Lipinski definition) is 13. The van der Waals surface area contributed by atoms with Crippen molar-refractivity contribution in [3.05, 3.63) is 88.3 Å². The first kappa shape index (κ1) is 37.9. The number of nitrogens with one attached hydrogen (secondary N) is 4. The Labute approximate surface area is 298 Å². The van der Waals surface area contributed by atoms with E-state index < -0.39 is 87.4 Å². The van der Waals surface area contributed by atoms with E-state index >= 15 is 0 Å². The Balaban J connectivity index is 1.46. The molecule has 53 heavy (non-hydrogen) atoms. The fourth-order valence-corrected chi connectivity index (χ4v) is 6.98. The van der Waals surface area contributed by atoms with Crippen LogP contribution in [0.5, 0.6) is 5.75 Å². The molecule has 2 aliphatic rings. The molecular weight excluding hydrogens is 743 g/mol. The molecule has 11 N–H and O–H groups in total. The summed E-state index contributed by atoms with van der Waals surface area (Å²) in [6, 6.07) is 11.2. The van der Waals surface area contributed by atoms with E-state index in [1.165, 1.54) is 35.8 Å². The van der Waals surface area contributed by atoms with Crippen LogP contribution in [0.4, 0.5) is 5.69 Å². The van der Waals surface area contributed by atoms with Crippen molar-refractivity contribution in [2.75, 3.05) is 18.8 Å². The predicted molar refractivity (Wildman–Crippen MR) is 182 cm³/mol. The number of carboxylic acid groups (broad SMARTS) is 1. The van der Waals surface area contributed by atoms with Crippen LogP contribution < -0.4 is 27.2 Å². The van der Waals surface area contributed by atoms with E-state index in [1.54, 1.807) is 0 Å². The molecule has 5 rings (SSSR count). The Morgan fingerprint density at radius 3 is 1.91 bits per heavy atom. The zero-order valence-electron chi connectivity index (χ0n) is 26.7. The Morgan fingerprint density at radius 1 is 0.755 bits per heavy atom. The number of phenolic OH excluding ortho intramolecular Hbond substituents is 1. The molecule has 3 amide bonds. The zero-order valence-corrected chi connectivity index (χ0v) is 28.3. The number of carbonyl (C=O) groups is 4. The van der Waals surface area contributed by atoms with E-state index in [-0.39, 0.29) is 58.3 Å². The SMILES string of the molecule is N=c1ccc2c(-c3ccc(C(=O)NCCCNC(=O)c4ccc(C(=O)NO)c(O)c4)cc3C(=O)O)c3ccc(N)c(S(=O)(=O)O)c3oc-2c1S(=O)(=O)O. The third-order valence-electron chi connectivity index (χ3n) is 7.83. The molecule has 0 aromatic heterocycles. The molecule has 0 spiro atoms. The van der Waals surface area contributed by atoms with Gasteiger partial charge in [-0.1, -0.05) is 6.07 Å². The van der Waals surface area contributed by atoms with Crippen molar-refractivity contribution in [2.24, 2.45) is 0 Å². The zero-order chi connectivity index (χ0) is 39.0. The van der Waals surface area contributed by atoms with Gasteiger partial charge in [0.25, 0.3) is 38.0 Å². The van der Waals surface area contributed by atoms with E-state index in [0.29, 0.717) is 0 Å². The highest BCUT2D eigenvalue weighted by Gasteiger charge is 2.32.